The number of fused-ring (bicyclic) bond motifs is 2. The second-order valence-corrected chi connectivity index (χ2v) is 6.74. The van der Waals surface area contributed by atoms with Crippen LogP contribution in [0.25, 0.3) is 0 Å². The Bertz CT molecular complexity index is 539. The molecule has 1 amide bonds. The predicted octanol–water partition coefficient (Wildman–Crippen LogP) is 2.75. The lowest BCUT2D eigenvalue weighted by atomic mass is 9.93. The molecule has 2 fully saturated rings. The molecule has 2 aliphatic rings. The van der Waals surface area contributed by atoms with Gasteiger partial charge < -0.3 is 11.1 Å². The number of halogens is 2. The van der Waals surface area contributed by atoms with Crippen LogP contribution in [-0.2, 0) is 4.79 Å². The average molecular weight is 360 g/mol. The van der Waals surface area contributed by atoms with Crippen molar-refractivity contribution in [3.63, 3.8) is 0 Å². The van der Waals surface area contributed by atoms with Crippen LogP contribution in [0.3, 0.4) is 0 Å². The molecule has 0 spiro atoms. The van der Waals surface area contributed by atoms with E-state index in [2.05, 4.69) is 16.3 Å². The highest BCUT2D eigenvalue weighted by atomic mass is 35.5. The van der Waals surface area contributed by atoms with E-state index in [0.717, 1.165) is 29.9 Å². The number of anilines is 1. The van der Waals surface area contributed by atoms with Crippen LogP contribution in [-0.4, -0.2) is 36.5 Å². The molecular formula is C17H27Cl2N3O. The Morgan fingerprint density at radius 3 is 2.43 bits per heavy atom. The minimum Gasteiger partial charge on any atom is -0.327 e. The summed E-state index contributed by atoms with van der Waals surface area (Å²) in [5, 5.41) is 3.05. The summed E-state index contributed by atoms with van der Waals surface area (Å²) >= 11 is 0. The fourth-order valence-corrected chi connectivity index (χ4v) is 3.75. The lowest BCUT2D eigenvalue weighted by Crippen LogP contribution is -2.50. The van der Waals surface area contributed by atoms with Gasteiger partial charge in [0, 0.05) is 24.8 Å². The maximum Gasteiger partial charge on any atom is 0.238 e. The second kappa shape index (κ2) is 8.34. The molecule has 0 aromatic heterocycles. The number of hydrogen-bond donors (Lipinski definition) is 2. The van der Waals surface area contributed by atoms with E-state index in [-0.39, 0.29) is 30.7 Å². The van der Waals surface area contributed by atoms with Gasteiger partial charge in [-0.25, -0.2) is 0 Å². The summed E-state index contributed by atoms with van der Waals surface area (Å²) in [6.07, 6.45) is 2.45. The standard InChI is InChI=1S/C17H25N3O.2ClH/c1-11-3-4-12(2)15(7-11)19-16(21)10-20-8-13-5-6-14(9-20)17(13)18;;/h3-4,7,13-14,17H,5-6,8-10,18H2,1-2H3,(H,19,21);2*1H/t13-,14+,17?;;. The van der Waals surface area contributed by atoms with E-state index < -0.39 is 0 Å². The highest BCUT2D eigenvalue weighted by molar-refractivity contribution is 5.93. The zero-order valence-electron chi connectivity index (χ0n) is 13.7. The molecule has 6 heteroatoms. The van der Waals surface area contributed by atoms with Gasteiger partial charge in [0.25, 0.3) is 0 Å². The number of carbonyl (C=O) groups excluding carboxylic acids is 1. The van der Waals surface area contributed by atoms with Gasteiger partial charge in [0.1, 0.15) is 0 Å². The normalized spacial score (nSPS) is 26.1. The van der Waals surface area contributed by atoms with Crippen molar-refractivity contribution in [2.24, 2.45) is 17.6 Å². The van der Waals surface area contributed by atoms with Gasteiger partial charge in [-0.1, -0.05) is 12.1 Å². The Morgan fingerprint density at radius 1 is 1.22 bits per heavy atom. The molecule has 1 aromatic rings. The van der Waals surface area contributed by atoms with Crippen LogP contribution < -0.4 is 11.1 Å². The number of nitrogens with zero attached hydrogens (tertiary/aromatic N) is 1. The molecule has 130 valence electrons. The van der Waals surface area contributed by atoms with Crippen molar-refractivity contribution < 1.29 is 4.79 Å². The third-order valence-corrected chi connectivity index (χ3v) is 5.02. The third kappa shape index (κ3) is 4.60. The first-order chi connectivity index (χ1) is 10.0. The number of benzene rings is 1. The third-order valence-electron chi connectivity index (χ3n) is 5.02. The van der Waals surface area contributed by atoms with E-state index >= 15 is 0 Å². The van der Waals surface area contributed by atoms with Crippen molar-refractivity contribution in [2.45, 2.75) is 32.7 Å². The molecule has 1 saturated carbocycles. The summed E-state index contributed by atoms with van der Waals surface area (Å²) in [5.74, 6) is 1.24. The molecule has 3 N–H and O–H groups in total. The molecule has 23 heavy (non-hydrogen) atoms. The number of aryl methyl sites for hydroxylation is 2. The number of rotatable bonds is 3. The largest absolute Gasteiger partial charge is 0.327 e. The number of likely N-dealkylation sites (tertiary alicyclic amines) is 1. The molecular weight excluding hydrogens is 333 g/mol. The highest BCUT2D eigenvalue weighted by Crippen LogP contribution is 2.35. The number of carbonyl (C=O) groups is 1. The van der Waals surface area contributed by atoms with Crippen LogP contribution in [0.2, 0.25) is 0 Å². The van der Waals surface area contributed by atoms with Crippen molar-refractivity contribution in [3.8, 4) is 0 Å². The Balaban J connectivity index is 0.00000132. The maximum atomic E-state index is 12.3. The van der Waals surface area contributed by atoms with Crippen molar-refractivity contribution in [1.82, 2.24) is 4.90 Å². The van der Waals surface area contributed by atoms with Crippen LogP contribution in [0.5, 0.6) is 0 Å². The van der Waals surface area contributed by atoms with E-state index in [1.165, 1.54) is 12.8 Å². The van der Waals surface area contributed by atoms with Gasteiger partial charge in [-0.2, -0.15) is 0 Å². The highest BCUT2D eigenvalue weighted by Gasteiger charge is 2.39. The molecule has 2 bridgehead atoms. The first-order valence-corrected chi connectivity index (χ1v) is 7.88. The summed E-state index contributed by atoms with van der Waals surface area (Å²) in [5.41, 5.74) is 9.41. The second-order valence-electron chi connectivity index (χ2n) is 6.74. The van der Waals surface area contributed by atoms with Crippen LogP contribution >= 0.6 is 24.8 Å². The van der Waals surface area contributed by atoms with Gasteiger partial charge in [-0.15, -0.1) is 24.8 Å². The van der Waals surface area contributed by atoms with Crippen LogP contribution in [0.4, 0.5) is 5.69 Å². The monoisotopic (exact) mass is 359 g/mol. The topological polar surface area (TPSA) is 58.4 Å². The minimum absolute atomic E-state index is 0. The van der Waals surface area contributed by atoms with E-state index in [9.17, 15) is 4.79 Å². The van der Waals surface area contributed by atoms with Crippen LogP contribution in [0, 0.1) is 25.7 Å². The van der Waals surface area contributed by atoms with Crippen molar-refractivity contribution in [3.05, 3.63) is 29.3 Å². The number of nitrogens with two attached hydrogens (primary N) is 1. The van der Waals surface area contributed by atoms with Gasteiger partial charge >= 0.3 is 0 Å². The summed E-state index contributed by atoms with van der Waals surface area (Å²) in [6.45, 7) is 6.48. The first kappa shape index (κ1) is 20.2. The molecule has 1 heterocycles. The first-order valence-electron chi connectivity index (χ1n) is 7.88. The molecule has 4 nitrogen and oxygen atoms in total. The number of amides is 1. The molecule has 1 aliphatic heterocycles. The Labute approximate surface area is 151 Å². The summed E-state index contributed by atoms with van der Waals surface area (Å²) in [7, 11) is 0. The van der Waals surface area contributed by atoms with Gasteiger partial charge in [-0.3, -0.25) is 9.69 Å². The molecule has 1 unspecified atom stereocenters. The van der Waals surface area contributed by atoms with Crippen molar-refractivity contribution in [1.29, 1.82) is 0 Å². The zero-order chi connectivity index (χ0) is 15.0. The zero-order valence-corrected chi connectivity index (χ0v) is 15.4. The molecule has 1 aromatic carbocycles. The lowest BCUT2D eigenvalue weighted by Gasteiger charge is -2.35. The smallest absolute Gasteiger partial charge is 0.238 e. The fourth-order valence-electron chi connectivity index (χ4n) is 3.75. The summed E-state index contributed by atoms with van der Waals surface area (Å²) in [6, 6.07) is 6.49. The predicted molar refractivity (Wildman–Crippen MR) is 99.7 cm³/mol. The van der Waals surface area contributed by atoms with Gasteiger partial charge in [0.05, 0.1) is 6.54 Å². The summed E-state index contributed by atoms with van der Waals surface area (Å²) in [4.78, 5) is 14.5. The van der Waals surface area contributed by atoms with E-state index in [1.807, 2.05) is 26.0 Å². The SMILES string of the molecule is Cc1ccc(C)c(NC(=O)CN2C[C@H]3CC[C@@H](C2)C3N)c1.Cl.Cl. The van der Waals surface area contributed by atoms with Gasteiger partial charge in [-0.05, 0) is 55.7 Å². The summed E-state index contributed by atoms with van der Waals surface area (Å²) < 4.78 is 0. The van der Waals surface area contributed by atoms with E-state index in [4.69, 9.17) is 5.73 Å². The van der Waals surface area contributed by atoms with Crippen molar-refractivity contribution in [2.75, 3.05) is 25.0 Å². The van der Waals surface area contributed by atoms with Crippen LogP contribution in [0.15, 0.2) is 18.2 Å². The maximum absolute atomic E-state index is 12.3. The Morgan fingerprint density at radius 2 is 1.83 bits per heavy atom. The Kier molecular flexibility index (Phi) is 7.33. The Hall–Kier alpha value is -0.810. The molecule has 3 atom stereocenters. The number of hydrogen-bond acceptors (Lipinski definition) is 3. The average Bonchev–Trinajstić information content (AvgIpc) is 2.65. The number of piperidine rings is 1. The molecule has 3 rings (SSSR count). The number of nitrogens with one attached hydrogen (secondary N) is 1. The van der Waals surface area contributed by atoms with Crippen LogP contribution in [0.1, 0.15) is 24.0 Å². The van der Waals surface area contributed by atoms with Crippen molar-refractivity contribution >= 4 is 36.4 Å². The van der Waals surface area contributed by atoms with Gasteiger partial charge in [0.2, 0.25) is 5.91 Å². The molecule has 1 saturated heterocycles. The molecule has 1 aliphatic carbocycles. The quantitative estimate of drug-likeness (QED) is 0.872. The minimum atomic E-state index is 0. The molecule has 0 radical (unpaired) electrons. The van der Waals surface area contributed by atoms with E-state index in [1.54, 1.807) is 0 Å². The van der Waals surface area contributed by atoms with E-state index in [0.29, 0.717) is 24.4 Å². The fraction of sp³-hybridized carbons (Fsp3) is 0.588. The van der Waals surface area contributed by atoms with Gasteiger partial charge in [0.15, 0.2) is 0 Å². The lowest BCUT2D eigenvalue weighted by molar-refractivity contribution is -0.117.